The Bertz CT molecular complexity index is 1050. The van der Waals surface area contributed by atoms with Gasteiger partial charge in [0.1, 0.15) is 0 Å². The molecule has 1 aliphatic heterocycles. The molecule has 0 saturated heterocycles. The van der Waals surface area contributed by atoms with E-state index in [1.807, 2.05) is 0 Å². The van der Waals surface area contributed by atoms with Crippen molar-refractivity contribution in [1.29, 1.82) is 0 Å². The summed E-state index contributed by atoms with van der Waals surface area (Å²) >= 11 is 5.87. The zero-order valence-corrected chi connectivity index (χ0v) is 15.4. The molecule has 2 aromatic carbocycles. The Morgan fingerprint density at radius 3 is 2.66 bits per heavy atom. The van der Waals surface area contributed by atoms with Crippen molar-refractivity contribution < 1.29 is 32.7 Å². The van der Waals surface area contributed by atoms with Gasteiger partial charge in [-0.2, -0.15) is 8.78 Å². The number of benzene rings is 2. The SMILES string of the molecule is COc1cc(C=C2N=C(c3cc(Cl)cc([N+](=O)[O-])c3)OC2=O)ccc1OC(F)F. The maximum atomic E-state index is 12.4. The van der Waals surface area contributed by atoms with E-state index >= 15 is 0 Å². The number of hydrogen-bond acceptors (Lipinski definition) is 7. The van der Waals surface area contributed by atoms with E-state index in [0.717, 1.165) is 6.07 Å². The van der Waals surface area contributed by atoms with Crippen LogP contribution in [0.2, 0.25) is 5.02 Å². The van der Waals surface area contributed by atoms with Gasteiger partial charge in [-0.15, -0.1) is 0 Å². The molecule has 0 saturated carbocycles. The summed E-state index contributed by atoms with van der Waals surface area (Å²) in [5, 5.41) is 11.0. The number of ether oxygens (including phenoxy) is 3. The van der Waals surface area contributed by atoms with Gasteiger partial charge in [0.05, 0.1) is 12.0 Å². The number of nitro groups is 1. The Balaban J connectivity index is 1.94. The second-order valence-corrected chi connectivity index (χ2v) is 6.02. The highest BCUT2D eigenvalue weighted by Crippen LogP contribution is 2.31. The number of non-ortho nitro benzene ring substituents is 1. The fraction of sp³-hybridized carbons (Fsp3) is 0.111. The lowest BCUT2D eigenvalue weighted by Crippen LogP contribution is -2.06. The maximum absolute atomic E-state index is 12.4. The Labute approximate surface area is 167 Å². The Kier molecular flexibility index (Phi) is 5.74. The van der Waals surface area contributed by atoms with Crippen LogP contribution >= 0.6 is 11.6 Å². The highest BCUT2D eigenvalue weighted by atomic mass is 35.5. The summed E-state index contributed by atoms with van der Waals surface area (Å²) < 4.78 is 39.2. The molecule has 1 aliphatic rings. The second-order valence-electron chi connectivity index (χ2n) is 5.58. The number of nitrogens with zero attached hydrogens (tertiary/aromatic N) is 2. The van der Waals surface area contributed by atoms with E-state index in [2.05, 4.69) is 9.73 Å². The topological polar surface area (TPSA) is 100 Å². The van der Waals surface area contributed by atoms with Crippen molar-refractivity contribution in [1.82, 2.24) is 0 Å². The summed E-state index contributed by atoms with van der Waals surface area (Å²) in [4.78, 5) is 26.5. The van der Waals surface area contributed by atoms with Crippen molar-refractivity contribution in [3.05, 3.63) is 68.4 Å². The molecule has 0 N–H and O–H groups in total. The van der Waals surface area contributed by atoms with Crippen LogP contribution in [0.3, 0.4) is 0 Å². The van der Waals surface area contributed by atoms with Gasteiger partial charge in [0.15, 0.2) is 17.2 Å². The van der Waals surface area contributed by atoms with Crippen LogP contribution < -0.4 is 9.47 Å². The molecule has 0 atom stereocenters. The molecule has 0 radical (unpaired) electrons. The summed E-state index contributed by atoms with van der Waals surface area (Å²) in [6.07, 6.45) is 1.34. The molecular weight excluding hydrogens is 414 g/mol. The fourth-order valence-electron chi connectivity index (χ4n) is 2.46. The lowest BCUT2D eigenvalue weighted by atomic mass is 10.1. The van der Waals surface area contributed by atoms with Crippen LogP contribution in [0.5, 0.6) is 11.5 Å². The first-order valence-corrected chi connectivity index (χ1v) is 8.25. The third-order valence-corrected chi connectivity index (χ3v) is 3.89. The summed E-state index contributed by atoms with van der Waals surface area (Å²) in [7, 11) is 1.27. The summed E-state index contributed by atoms with van der Waals surface area (Å²) in [6, 6.07) is 7.72. The quantitative estimate of drug-likeness (QED) is 0.298. The van der Waals surface area contributed by atoms with E-state index in [-0.39, 0.29) is 39.4 Å². The summed E-state index contributed by atoms with van der Waals surface area (Å²) in [5.41, 5.74) is 0.159. The van der Waals surface area contributed by atoms with Crippen molar-refractivity contribution >= 4 is 35.2 Å². The minimum atomic E-state index is -3.02. The molecule has 0 unspecified atom stereocenters. The van der Waals surface area contributed by atoms with Crippen LogP contribution in [-0.2, 0) is 9.53 Å². The zero-order chi connectivity index (χ0) is 21.1. The predicted octanol–water partition coefficient (Wildman–Crippen LogP) is 4.20. The number of aliphatic imine (C=N–C) groups is 1. The Hall–Kier alpha value is -3.53. The van der Waals surface area contributed by atoms with Crippen LogP contribution in [-0.4, -0.2) is 30.5 Å². The number of esters is 1. The Morgan fingerprint density at radius 1 is 1.24 bits per heavy atom. The number of rotatable bonds is 6. The van der Waals surface area contributed by atoms with Gasteiger partial charge in [-0.05, 0) is 29.8 Å². The third kappa shape index (κ3) is 4.66. The van der Waals surface area contributed by atoms with Crippen molar-refractivity contribution in [3.8, 4) is 11.5 Å². The molecule has 29 heavy (non-hydrogen) atoms. The van der Waals surface area contributed by atoms with E-state index in [0.29, 0.717) is 5.56 Å². The van der Waals surface area contributed by atoms with E-state index in [1.54, 1.807) is 0 Å². The van der Waals surface area contributed by atoms with Gasteiger partial charge in [-0.3, -0.25) is 10.1 Å². The molecule has 0 bridgehead atoms. The predicted molar refractivity (Wildman–Crippen MR) is 98.3 cm³/mol. The molecule has 11 heteroatoms. The number of carbonyl (C=O) groups is 1. The van der Waals surface area contributed by atoms with Crippen molar-refractivity contribution in [3.63, 3.8) is 0 Å². The van der Waals surface area contributed by atoms with Gasteiger partial charge in [-0.1, -0.05) is 17.7 Å². The van der Waals surface area contributed by atoms with Crippen LogP contribution in [0.4, 0.5) is 14.5 Å². The molecule has 0 aromatic heterocycles. The number of cyclic esters (lactones) is 1. The number of nitro benzene ring substituents is 1. The third-order valence-electron chi connectivity index (χ3n) is 3.67. The van der Waals surface area contributed by atoms with Gasteiger partial charge in [-0.25, -0.2) is 9.79 Å². The van der Waals surface area contributed by atoms with Crippen LogP contribution in [0.25, 0.3) is 6.08 Å². The fourth-order valence-corrected chi connectivity index (χ4v) is 2.69. The molecule has 1 heterocycles. The van der Waals surface area contributed by atoms with Gasteiger partial charge in [0.2, 0.25) is 5.90 Å². The lowest BCUT2D eigenvalue weighted by molar-refractivity contribution is -0.384. The van der Waals surface area contributed by atoms with Crippen molar-refractivity contribution in [2.45, 2.75) is 6.61 Å². The summed E-state index contributed by atoms with van der Waals surface area (Å²) in [5.74, 6) is -1.10. The van der Waals surface area contributed by atoms with Crippen LogP contribution in [0.1, 0.15) is 11.1 Å². The van der Waals surface area contributed by atoms with Gasteiger partial charge in [0, 0.05) is 22.7 Å². The molecule has 8 nitrogen and oxygen atoms in total. The number of hydrogen-bond donors (Lipinski definition) is 0. The largest absolute Gasteiger partial charge is 0.493 e. The molecule has 0 amide bonds. The maximum Gasteiger partial charge on any atom is 0.387 e. The van der Waals surface area contributed by atoms with E-state index in [1.165, 1.54) is 43.5 Å². The highest BCUT2D eigenvalue weighted by Gasteiger charge is 2.26. The molecule has 150 valence electrons. The minimum Gasteiger partial charge on any atom is -0.493 e. The summed E-state index contributed by atoms with van der Waals surface area (Å²) in [6.45, 7) is -3.02. The van der Waals surface area contributed by atoms with Gasteiger partial charge < -0.3 is 14.2 Å². The normalized spacial score (nSPS) is 14.7. The first-order chi connectivity index (χ1) is 13.8. The van der Waals surface area contributed by atoms with Crippen molar-refractivity contribution in [2.24, 2.45) is 4.99 Å². The molecular formula is C18H11ClF2N2O6. The molecule has 0 aliphatic carbocycles. The first kappa shape index (κ1) is 20.2. The van der Waals surface area contributed by atoms with Crippen molar-refractivity contribution in [2.75, 3.05) is 7.11 Å². The van der Waals surface area contributed by atoms with Gasteiger partial charge >= 0.3 is 12.6 Å². The number of carbonyl (C=O) groups excluding carboxylic acids is 1. The minimum absolute atomic E-state index is 0.0284. The van der Waals surface area contributed by atoms with Gasteiger partial charge in [0.25, 0.3) is 5.69 Å². The first-order valence-electron chi connectivity index (χ1n) is 7.87. The van der Waals surface area contributed by atoms with Crippen LogP contribution in [0.15, 0.2) is 47.1 Å². The standard InChI is InChI=1S/C18H11ClF2N2O6/c1-27-15-5-9(2-3-14(15)28-18(20)21)4-13-17(24)29-16(22-13)10-6-11(19)8-12(7-10)23(25)26/h2-8,18H,1H3. The smallest absolute Gasteiger partial charge is 0.387 e. The molecule has 2 aromatic rings. The molecule has 3 rings (SSSR count). The Morgan fingerprint density at radius 2 is 2.00 bits per heavy atom. The molecule has 0 fully saturated rings. The number of methoxy groups -OCH3 is 1. The number of alkyl halides is 2. The average Bonchev–Trinajstić information content (AvgIpc) is 3.02. The average molecular weight is 425 g/mol. The van der Waals surface area contributed by atoms with Crippen LogP contribution in [0, 0.1) is 10.1 Å². The van der Waals surface area contributed by atoms with E-state index < -0.39 is 17.5 Å². The van der Waals surface area contributed by atoms with E-state index in [4.69, 9.17) is 21.1 Å². The number of halogens is 3. The monoisotopic (exact) mass is 424 g/mol. The zero-order valence-electron chi connectivity index (χ0n) is 14.6. The second kappa shape index (κ2) is 8.23. The van der Waals surface area contributed by atoms with E-state index in [9.17, 15) is 23.7 Å². The highest BCUT2D eigenvalue weighted by molar-refractivity contribution is 6.31. The lowest BCUT2D eigenvalue weighted by Gasteiger charge is -2.10. The molecule has 0 spiro atoms.